The van der Waals surface area contributed by atoms with Gasteiger partial charge >= 0.3 is 11.9 Å². The summed E-state index contributed by atoms with van der Waals surface area (Å²) in [5.74, 6) is 0.0367. The number of ether oxygens (including phenoxy) is 4. The van der Waals surface area contributed by atoms with Crippen molar-refractivity contribution in [3.8, 4) is 22.8 Å². The van der Waals surface area contributed by atoms with Gasteiger partial charge in [-0.05, 0) is 44.2 Å². The molecule has 0 bridgehead atoms. The third-order valence-electron chi connectivity index (χ3n) is 5.59. The topological polar surface area (TPSA) is 115 Å². The molecule has 10 nitrogen and oxygen atoms in total. The fraction of sp³-hybridized carbons (Fsp3) is 0.280. The average Bonchev–Trinajstić information content (AvgIpc) is 3.53. The molecule has 0 aliphatic carbocycles. The number of hydrogen-bond donors (Lipinski definition) is 0. The summed E-state index contributed by atoms with van der Waals surface area (Å²) >= 11 is 0. The number of carbonyl (C=O) groups excluding carboxylic acids is 2. The van der Waals surface area contributed by atoms with E-state index >= 15 is 0 Å². The van der Waals surface area contributed by atoms with Gasteiger partial charge in [-0.3, -0.25) is 0 Å². The fourth-order valence-electron chi connectivity index (χ4n) is 3.86. The van der Waals surface area contributed by atoms with Crippen LogP contribution in [0, 0.1) is 0 Å². The number of rotatable bonds is 6. The lowest BCUT2D eigenvalue weighted by Crippen LogP contribution is -2.15. The molecule has 3 aromatic heterocycles. The second-order valence-electron chi connectivity index (χ2n) is 8.18. The van der Waals surface area contributed by atoms with Crippen LogP contribution >= 0.6 is 0 Å². The molecule has 0 fully saturated rings. The molecule has 0 N–H and O–H groups in total. The maximum Gasteiger partial charge on any atom is 0.374 e. The van der Waals surface area contributed by atoms with Gasteiger partial charge in [0, 0.05) is 17.2 Å². The molecule has 1 aromatic carbocycles. The van der Waals surface area contributed by atoms with Gasteiger partial charge in [-0.25, -0.2) is 19.3 Å². The van der Waals surface area contributed by atoms with Crippen LogP contribution in [0.15, 0.2) is 47.2 Å². The lowest BCUT2D eigenvalue weighted by molar-refractivity contribution is 0.0455. The van der Waals surface area contributed by atoms with Crippen molar-refractivity contribution in [1.29, 1.82) is 0 Å². The zero-order valence-electron chi connectivity index (χ0n) is 19.4. The summed E-state index contributed by atoms with van der Waals surface area (Å²) < 4.78 is 28.5. The number of pyridine rings is 1. The van der Waals surface area contributed by atoms with Crippen LogP contribution in [0.5, 0.6) is 11.5 Å². The van der Waals surface area contributed by atoms with Crippen LogP contribution in [0.25, 0.3) is 22.3 Å². The van der Waals surface area contributed by atoms with Gasteiger partial charge in [0.25, 0.3) is 0 Å². The first-order chi connectivity index (χ1) is 17.0. The summed E-state index contributed by atoms with van der Waals surface area (Å²) in [5.41, 5.74) is 2.57. The van der Waals surface area contributed by atoms with E-state index in [2.05, 4.69) is 5.10 Å². The minimum Gasteiger partial charge on any atom is -0.486 e. The van der Waals surface area contributed by atoms with E-state index in [9.17, 15) is 9.59 Å². The summed E-state index contributed by atoms with van der Waals surface area (Å²) in [4.78, 5) is 29.9. The van der Waals surface area contributed by atoms with E-state index in [1.165, 1.54) is 13.4 Å². The van der Waals surface area contributed by atoms with Crippen molar-refractivity contribution in [1.82, 2.24) is 14.8 Å². The summed E-state index contributed by atoms with van der Waals surface area (Å²) in [6, 6.07) is 8.76. The third kappa shape index (κ3) is 4.18. The lowest BCUT2D eigenvalue weighted by atomic mass is 10.1. The van der Waals surface area contributed by atoms with Gasteiger partial charge in [0.2, 0.25) is 5.76 Å². The molecule has 5 rings (SSSR count). The van der Waals surface area contributed by atoms with Crippen LogP contribution in [0.1, 0.15) is 46.4 Å². The summed E-state index contributed by atoms with van der Waals surface area (Å²) in [6.45, 7) is 4.75. The van der Waals surface area contributed by atoms with Gasteiger partial charge < -0.3 is 23.4 Å². The molecule has 1 aliphatic rings. The first-order valence-electron chi connectivity index (χ1n) is 11.1. The second-order valence-corrected chi connectivity index (χ2v) is 8.18. The van der Waals surface area contributed by atoms with Crippen LogP contribution in [-0.2, 0) is 16.1 Å². The Morgan fingerprint density at radius 2 is 1.89 bits per heavy atom. The largest absolute Gasteiger partial charge is 0.486 e. The van der Waals surface area contributed by atoms with Crippen LogP contribution in [0.2, 0.25) is 0 Å². The molecule has 0 radical (unpaired) electrons. The summed E-state index contributed by atoms with van der Waals surface area (Å²) in [7, 11) is 1.25. The van der Waals surface area contributed by atoms with Gasteiger partial charge in [-0.2, -0.15) is 5.10 Å². The van der Waals surface area contributed by atoms with Crippen LogP contribution in [0.3, 0.4) is 0 Å². The van der Waals surface area contributed by atoms with E-state index in [0.29, 0.717) is 52.6 Å². The number of furan rings is 1. The Hall–Kier alpha value is -4.34. The van der Waals surface area contributed by atoms with Crippen LogP contribution in [-0.4, -0.2) is 47.0 Å². The van der Waals surface area contributed by atoms with Gasteiger partial charge in [0.15, 0.2) is 17.1 Å². The second kappa shape index (κ2) is 9.13. The van der Waals surface area contributed by atoms with Gasteiger partial charge in [-0.1, -0.05) is 0 Å². The maximum absolute atomic E-state index is 13.2. The molecule has 4 heterocycles. The first-order valence-corrected chi connectivity index (χ1v) is 11.1. The lowest BCUT2D eigenvalue weighted by Gasteiger charge is -2.19. The highest BCUT2D eigenvalue weighted by molar-refractivity contribution is 6.04. The normalized spacial score (nSPS) is 12.7. The number of hydrogen-bond acceptors (Lipinski definition) is 9. The van der Waals surface area contributed by atoms with Gasteiger partial charge in [0.1, 0.15) is 19.8 Å². The maximum atomic E-state index is 13.2. The van der Waals surface area contributed by atoms with E-state index < -0.39 is 11.9 Å². The van der Waals surface area contributed by atoms with Crippen LogP contribution < -0.4 is 9.47 Å². The molecule has 0 unspecified atom stereocenters. The number of fused-ring (bicyclic) bond motifs is 2. The number of aromatic nitrogens is 3. The highest BCUT2D eigenvalue weighted by atomic mass is 16.6. The van der Waals surface area contributed by atoms with E-state index in [4.69, 9.17) is 28.3 Å². The van der Waals surface area contributed by atoms with E-state index in [0.717, 1.165) is 5.56 Å². The minimum absolute atomic E-state index is 0.00947. The van der Waals surface area contributed by atoms with E-state index in [-0.39, 0.29) is 18.4 Å². The Kier molecular flexibility index (Phi) is 5.86. The number of benzene rings is 1. The fourth-order valence-corrected chi connectivity index (χ4v) is 3.86. The van der Waals surface area contributed by atoms with Crippen molar-refractivity contribution in [2.45, 2.75) is 26.5 Å². The predicted molar refractivity (Wildman–Crippen MR) is 124 cm³/mol. The van der Waals surface area contributed by atoms with Crippen molar-refractivity contribution in [3.05, 3.63) is 59.7 Å². The van der Waals surface area contributed by atoms with Gasteiger partial charge in [0.05, 0.1) is 36.2 Å². The zero-order valence-corrected chi connectivity index (χ0v) is 19.4. The molecule has 180 valence electrons. The minimum atomic E-state index is -0.647. The number of nitrogens with zero attached hydrogens (tertiary/aromatic N) is 3. The SMILES string of the molecule is COC(=O)c1occc1COC(=O)c1cc(-c2ccc3c(c2)OCCO3)nc2c1cnn2C(C)C. The van der Waals surface area contributed by atoms with E-state index in [1.807, 2.05) is 32.0 Å². The number of carbonyl (C=O) groups is 2. The highest BCUT2D eigenvalue weighted by Gasteiger charge is 2.22. The summed E-state index contributed by atoms with van der Waals surface area (Å²) in [5, 5.41) is 4.99. The Balaban J connectivity index is 1.53. The molecule has 1 aliphatic heterocycles. The molecule has 0 saturated carbocycles. The molecule has 0 spiro atoms. The van der Waals surface area contributed by atoms with Crippen molar-refractivity contribution < 1.29 is 33.0 Å². The molecular weight excluding hydrogens is 454 g/mol. The Morgan fingerprint density at radius 1 is 1.09 bits per heavy atom. The molecule has 10 heteroatoms. The Labute approximate surface area is 200 Å². The van der Waals surface area contributed by atoms with Crippen molar-refractivity contribution >= 4 is 23.0 Å². The van der Waals surface area contributed by atoms with Gasteiger partial charge in [-0.15, -0.1) is 0 Å². The molecule has 0 atom stereocenters. The number of esters is 2. The Morgan fingerprint density at radius 3 is 2.66 bits per heavy atom. The summed E-state index contributed by atoms with van der Waals surface area (Å²) in [6.07, 6.45) is 2.94. The molecular formula is C25H23N3O7. The third-order valence-corrected chi connectivity index (χ3v) is 5.59. The van der Waals surface area contributed by atoms with Crippen LogP contribution in [0.4, 0.5) is 0 Å². The molecule has 35 heavy (non-hydrogen) atoms. The van der Waals surface area contributed by atoms with E-state index in [1.54, 1.807) is 23.0 Å². The van der Waals surface area contributed by atoms with Crippen molar-refractivity contribution in [2.24, 2.45) is 0 Å². The average molecular weight is 477 g/mol. The smallest absolute Gasteiger partial charge is 0.374 e. The standard InChI is InChI=1S/C25H23N3O7/c1-14(2)28-23-18(12-26-28)17(24(29)35-13-16-6-7-34-22(16)25(30)31-3)11-19(27-23)15-4-5-20-21(10-15)33-9-8-32-20/h4-7,10-12,14H,8-9,13H2,1-3H3. The molecule has 4 aromatic rings. The Bertz CT molecular complexity index is 1420. The monoisotopic (exact) mass is 477 g/mol. The highest BCUT2D eigenvalue weighted by Crippen LogP contribution is 2.35. The molecule has 0 saturated heterocycles. The first kappa shape index (κ1) is 22.5. The van der Waals surface area contributed by atoms with Crippen molar-refractivity contribution in [3.63, 3.8) is 0 Å². The van der Waals surface area contributed by atoms with Crippen molar-refractivity contribution in [2.75, 3.05) is 20.3 Å². The predicted octanol–water partition coefficient (Wildman–Crippen LogP) is 4.19. The quantitative estimate of drug-likeness (QED) is 0.377. The molecule has 0 amide bonds. The number of methoxy groups -OCH3 is 1. The zero-order chi connectivity index (χ0) is 24.5.